The van der Waals surface area contributed by atoms with Gasteiger partial charge in [0.1, 0.15) is 11.5 Å². The highest BCUT2D eigenvalue weighted by atomic mass is 35.5. The Kier molecular flexibility index (Phi) is 5.44. The molecule has 0 bridgehead atoms. The molecular formula is C18H20Cl2N2O. The number of benzene rings is 2. The van der Waals surface area contributed by atoms with Crippen LogP contribution >= 0.6 is 23.2 Å². The van der Waals surface area contributed by atoms with E-state index < -0.39 is 0 Å². The average Bonchev–Trinajstić information content (AvgIpc) is 2.94. The van der Waals surface area contributed by atoms with E-state index in [2.05, 4.69) is 22.3 Å². The molecule has 23 heavy (non-hydrogen) atoms. The topological polar surface area (TPSA) is 24.5 Å². The van der Waals surface area contributed by atoms with E-state index in [1.165, 1.54) is 12.0 Å². The summed E-state index contributed by atoms with van der Waals surface area (Å²) >= 11 is 12.0. The third kappa shape index (κ3) is 4.61. The molecule has 122 valence electrons. The Morgan fingerprint density at radius 3 is 2.61 bits per heavy atom. The third-order valence-electron chi connectivity index (χ3n) is 4.06. The Hall–Kier alpha value is -1.26. The lowest BCUT2D eigenvalue weighted by atomic mass is 10.2. The van der Waals surface area contributed by atoms with Gasteiger partial charge in [-0.05, 0) is 49.4 Å². The molecule has 0 unspecified atom stereocenters. The zero-order chi connectivity index (χ0) is 16.2. The van der Waals surface area contributed by atoms with Gasteiger partial charge in [-0.2, -0.15) is 0 Å². The second-order valence-electron chi connectivity index (χ2n) is 5.86. The molecule has 5 heteroatoms. The molecule has 0 amide bonds. The van der Waals surface area contributed by atoms with Gasteiger partial charge >= 0.3 is 0 Å². The van der Waals surface area contributed by atoms with Crippen molar-refractivity contribution in [2.75, 3.05) is 20.1 Å². The summed E-state index contributed by atoms with van der Waals surface area (Å²) in [5.74, 6) is 1.45. The highest BCUT2D eigenvalue weighted by molar-refractivity contribution is 6.34. The van der Waals surface area contributed by atoms with E-state index in [0.717, 1.165) is 25.4 Å². The predicted molar refractivity (Wildman–Crippen MR) is 95.7 cm³/mol. The van der Waals surface area contributed by atoms with Crippen LogP contribution < -0.4 is 10.1 Å². The third-order valence-corrected chi connectivity index (χ3v) is 4.49. The summed E-state index contributed by atoms with van der Waals surface area (Å²) in [6.07, 6.45) is 1.20. The van der Waals surface area contributed by atoms with Gasteiger partial charge in [-0.1, -0.05) is 35.3 Å². The SMILES string of the molecule is CN[C@@H]1CCN(Cc2cccc(Oc3cc(Cl)cc(Cl)c3)c2)C1. The number of likely N-dealkylation sites (N-methyl/N-ethyl adjacent to an activating group) is 1. The van der Waals surface area contributed by atoms with E-state index in [0.29, 0.717) is 21.8 Å². The second kappa shape index (κ2) is 7.54. The van der Waals surface area contributed by atoms with Crippen molar-refractivity contribution in [1.82, 2.24) is 10.2 Å². The zero-order valence-corrected chi connectivity index (χ0v) is 14.6. The Balaban J connectivity index is 1.67. The first-order valence-corrected chi connectivity index (χ1v) is 8.50. The normalized spacial score (nSPS) is 18.3. The van der Waals surface area contributed by atoms with Gasteiger partial charge in [-0.15, -0.1) is 0 Å². The summed E-state index contributed by atoms with van der Waals surface area (Å²) in [5.41, 5.74) is 1.24. The summed E-state index contributed by atoms with van der Waals surface area (Å²) in [5, 5.41) is 4.48. The summed E-state index contributed by atoms with van der Waals surface area (Å²) in [6.45, 7) is 3.15. The van der Waals surface area contributed by atoms with E-state index in [9.17, 15) is 0 Å². The quantitative estimate of drug-likeness (QED) is 0.853. The highest BCUT2D eigenvalue weighted by Gasteiger charge is 2.20. The van der Waals surface area contributed by atoms with Crippen molar-refractivity contribution < 1.29 is 4.74 Å². The van der Waals surface area contributed by atoms with Crippen LogP contribution in [0.5, 0.6) is 11.5 Å². The number of nitrogens with zero attached hydrogens (tertiary/aromatic N) is 1. The number of rotatable bonds is 5. The molecule has 2 aromatic carbocycles. The number of hydrogen-bond acceptors (Lipinski definition) is 3. The largest absolute Gasteiger partial charge is 0.457 e. The molecule has 1 fully saturated rings. The molecule has 1 aliphatic heterocycles. The molecule has 0 aromatic heterocycles. The molecule has 0 spiro atoms. The van der Waals surface area contributed by atoms with Gasteiger partial charge in [0.05, 0.1) is 0 Å². The van der Waals surface area contributed by atoms with Crippen LogP contribution in [0.4, 0.5) is 0 Å². The lowest BCUT2D eigenvalue weighted by molar-refractivity contribution is 0.322. The van der Waals surface area contributed by atoms with Crippen LogP contribution in [0.3, 0.4) is 0 Å². The molecule has 1 atom stereocenters. The maximum Gasteiger partial charge on any atom is 0.130 e. The molecule has 0 radical (unpaired) electrons. The molecule has 3 rings (SSSR count). The van der Waals surface area contributed by atoms with Crippen LogP contribution in [-0.4, -0.2) is 31.1 Å². The van der Waals surface area contributed by atoms with Gasteiger partial charge in [0.25, 0.3) is 0 Å². The van der Waals surface area contributed by atoms with Crippen molar-refractivity contribution in [1.29, 1.82) is 0 Å². The van der Waals surface area contributed by atoms with E-state index in [4.69, 9.17) is 27.9 Å². The predicted octanol–water partition coefficient (Wildman–Crippen LogP) is 4.58. The first-order valence-electron chi connectivity index (χ1n) is 7.75. The Labute approximate surface area is 147 Å². The minimum absolute atomic E-state index is 0.568. The summed E-state index contributed by atoms with van der Waals surface area (Å²) in [7, 11) is 2.03. The Morgan fingerprint density at radius 2 is 1.91 bits per heavy atom. The van der Waals surface area contributed by atoms with Gasteiger partial charge < -0.3 is 10.1 Å². The van der Waals surface area contributed by atoms with Crippen LogP contribution in [0, 0.1) is 0 Å². The van der Waals surface area contributed by atoms with Gasteiger partial charge in [0, 0.05) is 35.7 Å². The van der Waals surface area contributed by atoms with Crippen LogP contribution in [0.1, 0.15) is 12.0 Å². The molecule has 0 saturated carbocycles. The van der Waals surface area contributed by atoms with E-state index in [1.54, 1.807) is 18.2 Å². The highest BCUT2D eigenvalue weighted by Crippen LogP contribution is 2.29. The van der Waals surface area contributed by atoms with Crippen molar-refractivity contribution in [2.24, 2.45) is 0 Å². The number of nitrogens with one attached hydrogen (secondary N) is 1. The summed E-state index contributed by atoms with van der Waals surface area (Å²) in [6, 6.07) is 14.0. The molecule has 1 N–H and O–H groups in total. The fourth-order valence-corrected chi connectivity index (χ4v) is 3.41. The molecule has 1 saturated heterocycles. The first kappa shape index (κ1) is 16.6. The van der Waals surface area contributed by atoms with Crippen molar-refractivity contribution in [3.8, 4) is 11.5 Å². The molecular weight excluding hydrogens is 331 g/mol. The number of likely N-dealkylation sites (tertiary alicyclic amines) is 1. The fourth-order valence-electron chi connectivity index (χ4n) is 2.90. The minimum atomic E-state index is 0.568. The molecule has 2 aromatic rings. The van der Waals surface area contributed by atoms with Crippen LogP contribution in [0.15, 0.2) is 42.5 Å². The van der Waals surface area contributed by atoms with Gasteiger partial charge in [0.15, 0.2) is 0 Å². The molecule has 1 heterocycles. The maximum absolute atomic E-state index is 6.01. The number of hydrogen-bond donors (Lipinski definition) is 1. The van der Waals surface area contributed by atoms with E-state index in [-0.39, 0.29) is 0 Å². The summed E-state index contributed by atoms with van der Waals surface area (Å²) in [4.78, 5) is 2.45. The first-order chi connectivity index (χ1) is 11.1. The fraction of sp³-hybridized carbons (Fsp3) is 0.333. The minimum Gasteiger partial charge on any atom is -0.457 e. The average molecular weight is 351 g/mol. The standard InChI is InChI=1S/C18H20Cl2N2O/c1-21-16-5-6-22(12-16)11-13-3-2-4-17(7-13)23-18-9-14(19)8-15(20)10-18/h2-4,7-10,16,21H,5-6,11-12H2,1H3/t16-/m1/s1. The van der Waals surface area contributed by atoms with Crippen molar-refractivity contribution >= 4 is 23.2 Å². The zero-order valence-electron chi connectivity index (χ0n) is 13.1. The smallest absolute Gasteiger partial charge is 0.130 e. The second-order valence-corrected chi connectivity index (χ2v) is 6.74. The Morgan fingerprint density at radius 1 is 1.13 bits per heavy atom. The maximum atomic E-state index is 6.01. The van der Waals surface area contributed by atoms with Crippen LogP contribution in [0.2, 0.25) is 10.0 Å². The Bertz CT molecular complexity index is 658. The van der Waals surface area contributed by atoms with Crippen molar-refractivity contribution in [3.63, 3.8) is 0 Å². The molecule has 0 aliphatic carbocycles. The lowest BCUT2D eigenvalue weighted by Crippen LogP contribution is -2.29. The van der Waals surface area contributed by atoms with E-state index in [1.807, 2.05) is 19.2 Å². The van der Waals surface area contributed by atoms with Crippen LogP contribution in [0.25, 0.3) is 0 Å². The lowest BCUT2D eigenvalue weighted by Gasteiger charge is -2.16. The van der Waals surface area contributed by atoms with Crippen LogP contribution in [-0.2, 0) is 6.54 Å². The van der Waals surface area contributed by atoms with Crippen molar-refractivity contribution in [3.05, 3.63) is 58.1 Å². The number of ether oxygens (including phenoxy) is 1. The van der Waals surface area contributed by atoms with Gasteiger partial charge in [-0.3, -0.25) is 4.90 Å². The summed E-state index contributed by atoms with van der Waals surface area (Å²) < 4.78 is 5.89. The molecule has 1 aliphatic rings. The van der Waals surface area contributed by atoms with E-state index >= 15 is 0 Å². The monoisotopic (exact) mass is 350 g/mol. The van der Waals surface area contributed by atoms with Gasteiger partial charge in [0.2, 0.25) is 0 Å². The van der Waals surface area contributed by atoms with Gasteiger partial charge in [-0.25, -0.2) is 0 Å². The number of halogens is 2. The van der Waals surface area contributed by atoms with Crippen molar-refractivity contribution in [2.45, 2.75) is 19.0 Å². The molecule has 3 nitrogen and oxygen atoms in total.